The van der Waals surface area contributed by atoms with Crippen molar-refractivity contribution in [3.8, 4) is 0 Å². The van der Waals surface area contributed by atoms with Crippen LogP contribution in [-0.2, 0) is 23.9 Å². The number of esters is 1. The van der Waals surface area contributed by atoms with Gasteiger partial charge in [0.2, 0.25) is 11.8 Å². The molecule has 1 aromatic carbocycles. The van der Waals surface area contributed by atoms with Crippen LogP contribution in [0.5, 0.6) is 0 Å². The number of carbonyl (C=O) groups is 4. The van der Waals surface area contributed by atoms with Gasteiger partial charge in [0, 0.05) is 12.6 Å². The number of amides is 3. The first-order valence-corrected chi connectivity index (χ1v) is 9.53. The highest BCUT2D eigenvalue weighted by Crippen LogP contribution is 2.35. The summed E-state index contributed by atoms with van der Waals surface area (Å²) in [6, 6.07) is 5.59. The van der Waals surface area contributed by atoms with Gasteiger partial charge >= 0.3 is 5.97 Å². The lowest BCUT2D eigenvalue weighted by molar-refractivity contribution is -0.383. The van der Waals surface area contributed by atoms with Crippen molar-refractivity contribution in [2.45, 2.75) is 32.3 Å². The molecule has 10 heteroatoms. The van der Waals surface area contributed by atoms with Crippen LogP contribution in [0, 0.1) is 22.0 Å². The lowest BCUT2D eigenvalue weighted by Gasteiger charge is -2.16. The maximum Gasteiger partial charge on any atom is 0.308 e. The number of nitro benzene ring substituents is 1. The summed E-state index contributed by atoms with van der Waals surface area (Å²) in [7, 11) is 0. The number of para-hydroxylation sites is 2. The summed E-state index contributed by atoms with van der Waals surface area (Å²) < 4.78 is 5.05. The SMILES string of the molecule is C[C@@H](OC(=O)CCN1C(=O)[C@H]2CC=CC[C@@H]2C1=O)C(=O)Nc1ccccc1[N+](=O)[O-]. The van der Waals surface area contributed by atoms with Crippen LogP contribution in [0.15, 0.2) is 36.4 Å². The lowest BCUT2D eigenvalue weighted by atomic mass is 9.85. The summed E-state index contributed by atoms with van der Waals surface area (Å²) in [5, 5.41) is 13.4. The Labute approximate surface area is 172 Å². The number of nitrogens with zero attached hydrogens (tertiary/aromatic N) is 2. The van der Waals surface area contributed by atoms with Crippen LogP contribution >= 0.6 is 0 Å². The van der Waals surface area contributed by atoms with Gasteiger partial charge in [0.05, 0.1) is 23.2 Å². The van der Waals surface area contributed by atoms with E-state index in [0.717, 1.165) is 4.90 Å². The van der Waals surface area contributed by atoms with E-state index in [2.05, 4.69) is 5.32 Å². The first-order chi connectivity index (χ1) is 14.3. The minimum atomic E-state index is -1.21. The molecule has 0 radical (unpaired) electrons. The van der Waals surface area contributed by atoms with Gasteiger partial charge in [0.25, 0.3) is 11.6 Å². The van der Waals surface area contributed by atoms with E-state index in [1.807, 2.05) is 12.2 Å². The van der Waals surface area contributed by atoms with Gasteiger partial charge in [-0.3, -0.25) is 34.2 Å². The molecule has 1 aliphatic carbocycles. The quantitative estimate of drug-likeness (QED) is 0.236. The van der Waals surface area contributed by atoms with E-state index in [9.17, 15) is 29.3 Å². The molecule has 0 aromatic heterocycles. The first kappa shape index (κ1) is 21.2. The van der Waals surface area contributed by atoms with Gasteiger partial charge in [-0.1, -0.05) is 24.3 Å². The van der Waals surface area contributed by atoms with Crippen LogP contribution in [0.1, 0.15) is 26.2 Å². The Hall–Kier alpha value is -3.56. The fourth-order valence-electron chi connectivity index (χ4n) is 3.57. The van der Waals surface area contributed by atoms with Gasteiger partial charge in [-0.15, -0.1) is 0 Å². The van der Waals surface area contributed by atoms with Crippen molar-refractivity contribution in [2.75, 3.05) is 11.9 Å². The Kier molecular flexibility index (Phi) is 6.24. The fourth-order valence-corrected chi connectivity index (χ4v) is 3.57. The molecule has 0 unspecified atom stereocenters. The molecule has 30 heavy (non-hydrogen) atoms. The van der Waals surface area contributed by atoms with Crippen LogP contribution in [0.3, 0.4) is 0 Å². The van der Waals surface area contributed by atoms with Crippen molar-refractivity contribution < 1.29 is 28.8 Å². The summed E-state index contributed by atoms with van der Waals surface area (Å²) >= 11 is 0. The number of hydrogen-bond acceptors (Lipinski definition) is 7. The summed E-state index contributed by atoms with van der Waals surface area (Å²) in [6.45, 7) is 1.22. The summed E-state index contributed by atoms with van der Waals surface area (Å²) in [5.41, 5.74) is -0.300. The minimum absolute atomic E-state index is 0.0140. The van der Waals surface area contributed by atoms with Gasteiger partial charge in [0.1, 0.15) is 5.69 Å². The molecule has 3 rings (SSSR count). The molecule has 0 bridgehead atoms. The number of nitro groups is 1. The van der Waals surface area contributed by atoms with E-state index in [-0.39, 0.29) is 48.0 Å². The summed E-state index contributed by atoms with van der Waals surface area (Å²) in [6.07, 6.45) is 3.32. The van der Waals surface area contributed by atoms with Gasteiger partial charge in [-0.25, -0.2) is 0 Å². The van der Waals surface area contributed by atoms with Crippen LogP contribution in [-0.4, -0.2) is 46.2 Å². The van der Waals surface area contributed by atoms with E-state index in [4.69, 9.17) is 4.74 Å². The number of hydrogen-bond donors (Lipinski definition) is 1. The Balaban J connectivity index is 1.51. The Bertz CT molecular complexity index is 901. The Morgan fingerprint density at radius 2 is 1.80 bits per heavy atom. The molecule has 1 fully saturated rings. The van der Waals surface area contributed by atoms with Gasteiger partial charge in [0.15, 0.2) is 6.10 Å². The van der Waals surface area contributed by atoms with E-state index in [0.29, 0.717) is 12.8 Å². The zero-order valence-electron chi connectivity index (χ0n) is 16.3. The van der Waals surface area contributed by atoms with E-state index in [1.54, 1.807) is 0 Å². The molecule has 1 aliphatic heterocycles. The number of imide groups is 1. The van der Waals surface area contributed by atoms with Crippen molar-refractivity contribution in [3.63, 3.8) is 0 Å². The smallest absolute Gasteiger partial charge is 0.308 e. The molecule has 158 valence electrons. The number of rotatable bonds is 7. The largest absolute Gasteiger partial charge is 0.452 e. The number of benzene rings is 1. The average Bonchev–Trinajstić information content (AvgIpc) is 2.97. The van der Waals surface area contributed by atoms with Crippen molar-refractivity contribution in [2.24, 2.45) is 11.8 Å². The predicted octanol–water partition coefficient (Wildman–Crippen LogP) is 1.81. The monoisotopic (exact) mass is 415 g/mol. The fraction of sp³-hybridized carbons (Fsp3) is 0.400. The zero-order chi connectivity index (χ0) is 21.8. The number of likely N-dealkylation sites (tertiary alicyclic amines) is 1. The number of fused-ring (bicyclic) bond motifs is 1. The summed E-state index contributed by atoms with van der Waals surface area (Å²) in [4.78, 5) is 60.5. The third-order valence-electron chi connectivity index (χ3n) is 5.17. The predicted molar refractivity (Wildman–Crippen MR) is 104 cm³/mol. The number of carbonyl (C=O) groups excluding carboxylic acids is 4. The van der Waals surface area contributed by atoms with Crippen LogP contribution in [0.4, 0.5) is 11.4 Å². The molecular weight excluding hydrogens is 394 g/mol. The Morgan fingerprint density at radius 3 is 2.40 bits per heavy atom. The molecule has 1 N–H and O–H groups in total. The third kappa shape index (κ3) is 4.37. The highest BCUT2D eigenvalue weighted by molar-refractivity contribution is 6.05. The van der Waals surface area contributed by atoms with Gasteiger partial charge in [-0.2, -0.15) is 0 Å². The second kappa shape index (κ2) is 8.85. The van der Waals surface area contributed by atoms with E-state index in [1.165, 1.54) is 31.2 Å². The van der Waals surface area contributed by atoms with Crippen molar-refractivity contribution >= 4 is 35.1 Å². The van der Waals surface area contributed by atoms with Crippen LogP contribution in [0.25, 0.3) is 0 Å². The molecule has 1 saturated heterocycles. The van der Waals surface area contributed by atoms with Gasteiger partial charge in [-0.05, 0) is 25.8 Å². The maximum atomic E-state index is 12.4. The first-order valence-electron chi connectivity index (χ1n) is 9.53. The molecule has 3 atom stereocenters. The van der Waals surface area contributed by atoms with Crippen molar-refractivity contribution in [1.82, 2.24) is 4.90 Å². The second-order valence-corrected chi connectivity index (χ2v) is 7.13. The number of nitrogens with one attached hydrogen (secondary N) is 1. The molecule has 3 amide bonds. The number of allylic oxidation sites excluding steroid dienone is 2. The molecule has 0 saturated carbocycles. The molecule has 1 heterocycles. The van der Waals surface area contributed by atoms with Crippen LogP contribution in [0.2, 0.25) is 0 Å². The van der Waals surface area contributed by atoms with E-state index < -0.39 is 22.9 Å². The minimum Gasteiger partial charge on any atom is -0.452 e. The van der Waals surface area contributed by atoms with Crippen LogP contribution < -0.4 is 5.32 Å². The molecule has 0 spiro atoms. The molecular formula is C20H21N3O7. The summed E-state index contributed by atoms with van der Waals surface area (Å²) in [5.74, 6) is -2.81. The normalized spacial score (nSPS) is 21.2. The average molecular weight is 415 g/mol. The Morgan fingerprint density at radius 1 is 1.20 bits per heavy atom. The topological polar surface area (TPSA) is 136 Å². The van der Waals surface area contributed by atoms with Gasteiger partial charge < -0.3 is 10.1 Å². The van der Waals surface area contributed by atoms with Crippen molar-refractivity contribution in [3.05, 3.63) is 46.5 Å². The molecule has 10 nitrogen and oxygen atoms in total. The maximum absolute atomic E-state index is 12.4. The molecule has 1 aromatic rings. The highest BCUT2D eigenvalue weighted by atomic mass is 16.6. The molecule has 2 aliphatic rings. The third-order valence-corrected chi connectivity index (χ3v) is 5.17. The number of anilines is 1. The standard InChI is InChI=1S/C20H21N3O7/c1-12(18(25)21-15-8-4-5-9-16(15)23(28)29)30-17(24)10-11-22-19(26)13-6-2-3-7-14(13)20(22)27/h2-5,8-9,12-14H,6-7,10-11H2,1H3,(H,21,25)/t12-,13+,14+/m1/s1. The highest BCUT2D eigenvalue weighted by Gasteiger charge is 2.47. The zero-order valence-corrected chi connectivity index (χ0v) is 16.3. The second-order valence-electron chi connectivity index (χ2n) is 7.13. The number of ether oxygens (including phenoxy) is 1. The van der Waals surface area contributed by atoms with Crippen molar-refractivity contribution in [1.29, 1.82) is 0 Å². The van der Waals surface area contributed by atoms with E-state index >= 15 is 0 Å². The lowest BCUT2D eigenvalue weighted by Crippen LogP contribution is -2.35.